The molecule has 16 heavy (non-hydrogen) atoms. The minimum atomic E-state index is 0.966. The van der Waals surface area contributed by atoms with Crippen LogP contribution in [0.15, 0.2) is 28.7 Å². The topological polar surface area (TPSA) is 15.3 Å². The monoisotopic (exact) mass is 282 g/mol. The first-order chi connectivity index (χ1) is 7.84. The predicted octanol–water partition coefficient (Wildman–Crippen LogP) is 2.63. The number of halogens is 1. The molecule has 0 radical (unpaired) electrons. The molecule has 0 unspecified atom stereocenters. The van der Waals surface area contributed by atoms with E-state index in [1.807, 2.05) is 0 Å². The van der Waals surface area contributed by atoms with E-state index in [0.717, 1.165) is 17.6 Å². The van der Waals surface area contributed by atoms with E-state index < -0.39 is 0 Å². The first-order valence-electron chi connectivity index (χ1n) is 6.02. The summed E-state index contributed by atoms with van der Waals surface area (Å²) in [6.07, 6.45) is 2.76. The zero-order valence-corrected chi connectivity index (χ0v) is 11.2. The smallest absolute Gasteiger partial charge is 0.0206 e. The van der Waals surface area contributed by atoms with E-state index in [-0.39, 0.29) is 0 Å². The second-order valence-electron chi connectivity index (χ2n) is 4.36. The van der Waals surface area contributed by atoms with Gasteiger partial charge in [-0.1, -0.05) is 28.1 Å². The lowest BCUT2D eigenvalue weighted by Gasteiger charge is -2.14. The Bertz CT molecular complexity index is 321. The Morgan fingerprint density at radius 1 is 1.25 bits per heavy atom. The van der Waals surface area contributed by atoms with E-state index >= 15 is 0 Å². The third-order valence-corrected chi connectivity index (χ3v) is 3.51. The van der Waals surface area contributed by atoms with Gasteiger partial charge >= 0.3 is 0 Å². The Kier molecular flexibility index (Phi) is 4.82. The third kappa shape index (κ3) is 3.89. The van der Waals surface area contributed by atoms with E-state index in [1.54, 1.807) is 0 Å². The zero-order valence-electron chi connectivity index (χ0n) is 9.58. The highest BCUT2D eigenvalue weighted by atomic mass is 79.9. The standard InChI is InChI=1S/C13H19BrN2/c14-13-5-3-4-12(10-13)11-15-6-9-16-7-1-2-8-16/h3-5,10,15H,1-2,6-9,11H2. The van der Waals surface area contributed by atoms with Crippen molar-refractivity contribution in [3.8, 4) is 0 Å². The Morgan fingerprint density at radius 2 is 2.06 bits per heavy atom. The largest absolute Gasteiger partial charge is 0.311 e. The van der Waals surface area contributed by atoms with Gasteiger partial charge in [0.15, 0.2) is 0 Å². The summed E-state index contributed by atoms with van der Waals surface area (Å²) in [5.74, 6) is 0. The third-order valence-electron chi connectivity index (χ3n) is 3.02. The van der Waals surface area contributed by atoms with Gasteiger partial charge in [-0.15, -0.1) is 0 Å². The van der Waals surface area contributed by atoms with Gasteiger partial charge in [-0.25, -0.2) is 0 Å². The molecule has 88 valence electrons. The van der Waals surface area contributed by atoms with Crippen molar-refractivity contribution in [3.63, 3.8) is 0 Å². The molecule has 1 heterocycles. The lowest BCUT2D eigenvalue weighted by Crippen LogP contribution is -2.29. The maximum atomic E-state index is 3.49. The first-order valence-corrected chi connectivity index (χ1v) is 6.81. The van der Waals surface area contributed by atoms with Crippen LogP contribution in [0.3, 0.4) is 0 Å². The Labute approximate surface area is 106 Å². The van der Waals surface area contributed by atoms with Gasteiger partial charge in [0.25, 0.3) is 0 Å². The van der Waals surface area contributed by atoms with Gasteiger partial charge in [-0.3, -0.25) is 0 Å². The number of nitrogens with one attached hydrogen (secondary N) is 1. The van der Waals surface area contributed by atoms with Crippen LogP contribution in [0.1, 0.15) is 18.4 Å². The van der Waals surface area contributed by atoms with Gasteiger partial charge in [0, 0.05) is 24.1 Å². The number of likely N-dealkylation sites (tertiary alicyclic amines) is 1. The van der Waals surface area contributed by atoms with Crippen LogP contribution in [0.5, 0.6) is 0 Å². The minimum Gasteiger partial charge on any atom is -0.311 e. The highest BCUT2D eigenvalue weighted by molar-refractivity contribution is 9.10. The van der Waals surface area contributed by atoms with E-state index in [4.69, 9.17) is 0 Å². The van der Waals surface area contributed by atoms with Crippen LogP contribution >= 0.6 is 15.9 Å². The highest BCUT2D eigenvalue weighted by Gasteiger charge is 2.09. The van der Waals surface area contributed by atoms with Gasteiger partial charge < -0.3 is 10.2 Å². The fourth-order valence-corrected chi connectivity index (χ4v) is 2.57. The van der Waals surface area contributed by atoms with Crippen LogP contribution in [0.4, 0.5) is 0 Å². The van der Waals surface area contributed by atoms with E-state index in [9.17, 15) is 0 Å². The summed E-state index contributed by atoms with van der Waals surface area (Å²) in [5, 5.41) is 3.49. The van der Waals surface area contributed by atoms with Gasteiger partial charge in [0.2, 0.25) is 0 Å². The predicted molar refractivity (Wildman–Crippen MR) is 71.5 cm³/mol. The number of hydrogen-bond acceptors (Lipinski definition) is 2. The second kappa shape index (κ2) is 6.38. The molecule has 0 amide bonds. The Morgan fingerprint density at radius 3 is 2.81 bits per heavy atom. The maximum Gasteiger partial charge on any atom is 0.0206 e. The summed E-state index contributed by atoms with van der Waals surface area (Å²) >= 11 is 3.49. The lowest BCUT2D eigenvalue weighted by molar-refractivity contribution is 0.335. The first kappa shape index (κ1) is 12.1. The molecule has 0 aliphatic carbocycles. The number of rotatable bonds is 5. The quantitative estimate of drug-likeness (QED) is 0.836. The molecule has 0 saturated carbocycles. The van der Waals surface area contributed by atoms with Crippen LogP contribution in [0.2, 0.25) is 0 Å². The Balaban J connectivity index is 1.64. The van der Waals surface area contributed by atoms with E-state index in [0.29, 0.717) is 0 Å². The molecule has 1 aliphatic heterocycles. The van der Waals surface area contributed by atoms with E-state index in [2.05, 4.69) is 50.4 Å². The summed E-state index contributed by atoms with van der Waals surface area (Å²) < 4.78 is 1.16. The molecule has 0 aromatic heterocycles. The minimum absolute atomic E-state index is 0.966. The van der Waals surface area contributed by atoms with Crippen molar-refractivity contribution in [2.24, 2.45) is 0 Å². The molecule has 3 heteroatoms. The van der Waals surface area contributed by atoms with Gasteiger partial charge in [0.1, 0.15) is 0 Å². The summed E-state index contributed by atoms with van der Waals surface area (Å²) in [5.41, 5.74) is 1.34. The van der Waals surface area contributed by atoms with Crippen LogP contribution in [0, 0.1) is 0 Å². The molecule has 1 aliphatic rings. The molecule has 2 nitrogen and oxygen atoms in total. The summed E-state index contributed by atoms with van der Waals surface area (Å²) in [4.78, 5) is 2.54. The molecule has 1 aromatic carbocycles. The fourth-order valence-electron chi connectivity index (χ4n) is 2.12. The van der Waals surface area contributed by atoms with Crippen molar-refractivity contribution in [2.45, 2.75) is 19.4 Å². The summed E-state index contributed by atoms with van der Waals surface area (Å²) in [7, 11) is 0. The van der Waals surface area contributed by atoms with Crippen LogP contribution in [0.25, 0.3) is 0 Å². The van der Waals surface area contributed by atoms with Crippen molar-refractivity contribution in [2.75, 3.05) is 26.2 Å². The molecule has 1 N–H and O–H groups in total. The van der Waals surface area contributed by atoms with E-state index in [1.165, 1.54) is 38.0 Å². The van der Waals surface area contributed by atoms with Crippen molar-refractivity contribution >= 4 is 15.9 Å². The number of nitrogens with zero attached hydrogens (tertiary/aromatic N) is 1. The molecular formula is C13H19BrN2. The second-order valence-corrected chi connectivity index (χ2v) is 5.27. The zero-order chi connectivity index (χ0) is 11.2. The van der Waals surface area contributed by atoms with Crippen LogP contribution in [-0.4, -0.2) is 31.1 Å². The lowest BCUT2D eigenvalue weighted by atomic mass is 10.2. The van der Waals surface area contributed by atoms with Crippen molar-refractivity contribution in [1.82, 2.24) is 10.2 Å². The number of benzene rings is 1. The molecule has 1 saturated heterocycles. The fraction of sp³-hybridized carbons (Fsp3) is 0.538. The highest BCUT2D eigenvalue weighted by Crippen LogP contribution is 2.11. The molecule has 0 spiro atoms. The van der Waals surface area contributed by atoms with Crippen LogP contribution in [-0.2, 0) is 6.54 Å². The van der Waals surface area contributed by atoms with Crippen molar-refractivity contribution in [1.29, 1.82) is 0 Å². The summed E-state index contributed by atoms with van der Waals surface area (Å²) in [6.45, 7) is 5.82. The average molecular weight is 283 g/mol. The summed E-state index contributed by atoms with van der Waals surface area (Å²) in [6, 6.07) is 8.48. The normalized spacial score (nSPS) is 16.8. The molecule has 0 bridgehead atoms. The van der Waals surface area contributed by atoms with Gasteiger partial charge in [-0.05, 0) is 43.6 Å². The molecular weight excluding hydrogens is 264 g/mol. The number of hydrogen-bond donors (Lipinski definition) is 1. The van der Waals surface area contributed by atoms with Crippen molar-refractivity contribution < 1.29 is 0 Å². The van der Waals surface area contributed by atoms with Crippen molar-refractivity contribution in [3.05, 3.63) is 34.3 Å². The molecule has 2 rings (SSSR count). The average Bonchev–Trinajstić information content (AvgIpc) is 2.77. The molecule has 1 fully saturated rings. The maximum absolute atomic E-state index is 3.49. The van der Waals surface area contributed by atoms with Gasteiger partial charge in [-0.2, -0.15) is 0 Å². The molecule has 0 atom stereocenters. The Hall–Kier alpha value is -0.380. The van der Waals surface area contributed by atoms with Gasteiger partial charge in [0.05, 0.1) is 0 Å². The van der Waals surface area contributed by atoms with Crippen LogP contribution < -0.4 is 5.32 Å². The molecule has 1 aromatic rings. The SMILES string of the molecule is Brc1cccc(CNCCN2CCCC2)c1.